The molecule has 0 fully saturated rings. The number of ether oxygens (including phenoxy) is 1. The zero-order valence-electron chi connectivity index (χ0n) is 17.8. The van der Waals surface area contributed by atoms with Crippen molar-refractivity contribution in [3.8, 4) is 0 Å². The Kier molecular flexibility index (Phi) is 7.09. The number of halogens is 4. The van der Waals surface area contributed by atoms with Gasteiger partial charge in [0.2, 0.25) is 0 Å². The number of nitrogens with zero attached hydrogens (tertiary/aromatic N) is 1. The second-order valence-corrected chi connectivity index (χ2v) is 9.72. The zero-order valence-corrected chi connectivity index (χ0v) is 19.4. The van der Waals surface area contributed by atoms with Gasteiger partial charge in [-0.3, -0.25) is 9.59 Å². The molecule has 0 saturated heterocycles. The highest BCUT2D eigenvalue weighted by Crippen LogP contribution is 2.45. The Balaban J connectivity index is 2.04. The molecule has 1 atom stereocenters. The Morgan fingerprint density at radius 2 is 1.76 bits per heavy atom. The van der Waals surface area contributed by atoms with Crippen LogP contribution in [0.4, 0.5) is 13.2 Å². The number of fused-ring (bicyclic) bond motifs is 1. The van der Waals surface area contributed by atoms with Gasteiger partial charge in [-0.25, -0.2) is 12.7 Å². The third-order valence-electron chi connectivity index (χ3n) is 5.31. The molecule has 178 valence electrons. The summed E-state index contributed by atoms with van der Waals surface area (Å²) in [6.07, 6.45) is -3.65. The number of unbranched alkanes of at least 4 members (excludes halogenated alkanes) is 1. The Hall–Kier alpha value is -2.59. The number of rotatable bonds is 6. The van der Waals surface area contributed by atoms with Crippen molar-refractivity contribution >= 4 is 33.5 Å². The molecule has 1 heterocycles. The molecule has 2 aromatic rings. The highest BCUT2D eigenvalue weighted by Gasteiger charge is 2.48. The van der Waals surface area contributed by atoms with Crippen molar-refractivity contribution < 1.29 is 35.9 Å². The molecule has 1 aliphatic rings. The van der Waals surface area contributed by atoms with Gasteiger partial charge in [0.1, 0.15) is 0 Å². The van der Waals surface area contributed by atoms with Crippen LogP contribution in [0.2, 0.25) is 5.02 Å². The molecule has 0 bridgehead atoms. The molecule has 0 spiro atoms. The van der Waals surface area contributed by atoms with E-state index in [-0.39, 0.29) is 33.2 Å². The lowest BCUT2D eigenvalue weighted by molar-refractivity contribution is -0.144. The van der Waals surface area contributed by atoms with Crippen LogP contribution in [0.5, 0.6) is 0 Å². The highest BCUT2D eigenvalue weighted by atomic mass is 35.5. The fraction of sp³-hybridized carbons (Fsp3) is 0.364. The van der Waals surface area contributed by atoms with Crippen LogP contribution in [0.3, 0.4) is 0 Å². The number of esters is 1. The number of hydrogen-bond acceptors (Lipinski definition) is 5. The molecule has 0 radical (unpaired) electrons. The molecule has 0 aromatic heterocycles. The summed E-state index contributed by atoms with van der Waals surface area (Å²) in [5.74, 6) is -1.75. The van der Waals surface area contributed by atoms with Crippen molar-refractivity contribution in [2.75, 3.05) is 6.61 Å². The maximum atomic E-state index is 13.4. The molecule has 6 nitrogen and oxygen atoms in total. The third kappa shape index (κ3) is 4.86. The molecule has 1 amide bonds. The number of carbonyl (C=O) groups excluding carboxylic acids is 2. The van der Waals surface area contributed by atoms with Gasteiger partial charge in [0.25, 0.3) is 15.9 Å². The fourth-order valence-electron chi connectivity index (χ4n) is 3.61. The molecule has 1 aliphatic heterocycles. The first kappa shape index (κ1) is 25.0. The van der Waals surface area contributed by atoms with Crippen LogP contribution in [0, 0.1) is 6.92 Å². The zero-order chi connectivity index (χ0) is 24.6. The van der Waals surface area contributed by atoms with E-state index >= 15 is 0 Å². The van der Waals surface area contributed by atoms with E-state index in [9.17, 15) is 31.2 Å². The lowest BCUT2D eigenvalue weighted by atomic mass is 10.0. The van der Waals surface area contributed by atoms with Crippen LogP contribution < -0.4 is 0 Å². The molecule has 1 unspecified atom stereocenters. The van der Waals surface area contributed by atoms with Crippen molar-refractivity contribution in [2.24, 2.45) is 0 Å². The summed E-state index contributed by atoms with van der Waals surface area (Å²) >= 11 is 6.10. The van der Waals surface area contributed by atoms with Crippen LogP contribution in [-0.2, 0) is 25.7 Å². The first-order valence-electron chi connectivity index (χ1n) is 10.1. The average Bonchev–Trinajstić information content (AvgIpc) is 2.96. The minimum Gasteiger partial charge on any atom is -0.466 e. The molecular weight excluding hydrogens is 483 g/mol. The monoisotopic (exact) mass is 503 g/mol. The van der Waals surface area contributed by atoms with E-state index in [1.54, 1.807) is 0 Å². The Labute approximate surface area is 194 Å². The first-order valence-corrected chi connectivity index (χ1v) is 11.9. The maximum absolute atomic E-state index is 13.4. The summed E-state index contributed by atoms with van der Waals surface area (Å²) in [7, 11) is -4.44. The number of alkyl halides is 3. The first-order chi connectivity index (χ1) is 15.4. The van der Waals surface area contributed by atoms with E-state index in [4.69, 9.17) is 16.3 Å². The molecule has 0 N–H and O–H groups in total. The second-order valence-electron chi connectivity index (χ2n) is 7.57. The van der Waals surface area contributed by atoms with Crippen LogP contribution in [0.15, 0.2) is 41.3 Å². The number of hydrogen-bond donors (Lipinski definition) is 0. The van der Waals surface area contributed by atoms with Crippen LogP contribution >= 0.6 is 11.6 Å². The second kappa shape index (κ2) is 9.34. The van der Waals surface area contributed by atoms with Crippen LogP contribution in [-0.4, -0.2) is 31.2 Å². The van der Waals surface area contributed by atoms with Crippen LogP contribution in [0.25, 0.3) is 0 Å². The largest absolute Gasteiger partial charge is 0.466 e. The number of amides is 1. The van der Waals surface area contributed by atoms with E-state index in [0.717, 1.165) is 18.6 Å². The van der Waals surface area contributed by atoms with Gasteiger partial charge in [-0.15, -0.1) is 0 Å². The van der Waals surface area contributed by atoms with Crippen molar-refractivity contribution in [1.29, 1.82) is 0 Å². The predicted molar refractivity (Wildman–Crippen MR) is 114 cm³/mol. The van der Waals surface area contributed by atoms with Gasteiger partial charge in [-0.05, 0) is 54.8 Å². The molecule has 0 saturated carbocycles. The molecule has 33 heavy (non-hydrogen) atoms. The minimum absolute atomic E-state index is 0.147. The molecule has 0 aliphatic carbocycles. The van der Waals surface area contributed by atoms with Gasteiger partial charge in [0.05, 0.1) is 29.5 Å². The Morgan fingerprint density at radius 1 is 1.12 bits per heavy atom. The van der Waals surface area contributed by atoms with E-state index in [0.29, 0.717) is 22.9 Å². The molecule has 11 heteroatoms. The average molecular weight is 504 g/mol. The standard InChI is InChI=1S/C22H21ClF3NO5S/c1-3-4-11-32-19(28)12-18-16-9-10-17(23)13(2)20(16)33(30,31)27(18)21(29)14-5-7-15(8-6-14)22(24,25)26/h5-10,18H,3-4,11-12H2,1-2H3. The molecule has 3 rings (SSSR count). The van der Waals surface area contributed by atoms with E-state index in [1.807, 2.05) is 6.92 Å². The number of benzene rings is 2. The summed E-state index contributed by atoms with van der Waals surface area (Å²) < 4.78 is 71.1. The third-order valence-corrected chi connectivity index (χ3v) is 7.71. The summed E-state index contributed by atoms with van der Waals surface area (Å²) in [6.45, 7) is 3.53. The van der Waals surface area contributed by atoms with Crippen molar-refractivity contribution in [2.45, 2.75) is 50.2 Å². The van der Waals surface area contributed by atoms with Gasteiger partial charge >= 0.3 is 12.1 Å². The van der Waals surface area contributed by atoms with Gasteiger partial charge in [0, 0.05) is 10.6 Å². The topological polar surface area (TPSA) is 80.8 Å². The van der Waals surface area contributed by atoms with E-state index in [1.165, 1.54) is 19.1 Å². The summed E-state index contributed by atoms with van der Waals surface area (Å²) in [4.78, 5) is 25.4. The number of carbonyl (C=O) groups is 2. The maximum Gasteiger partial charge on any atom is 0.416 e. The minimum atomic E-state index is -4.61. The number of sulfonamides is 1. The van der Waals surface area contributed by atoms with Crippen molar-refractivity contribution in [1.82, 2.24) is 4.31 Å². The van der Waals surface area contributed by atoms with Gasteiger partial charge in [0.15, 0.2) is 0 Å². The van der Waals surface area contributed by atoms with Crippen LogP contribution in [0.1, 0.15) is 59.3 Å². The van der Waals surface area contributed by atoms with Gasteiger partial charge in [-0.1, -0.05) is 31.0 Å². The summed E-state index contributed by atoms with van der Waals surface area (Å²) in [5.41, 5.74) is -0.844. The highest BCUT2D eigenvalue weighted by molar-refractivity contribution is 7.90. The fourth-order valence-corrected chi connectivity index (χ4v) is 5.86. The quantitative estimate of drug-likeness (QED) is 0.395. The van der Waals surface area contributed by atoms with E-state index < -0.39 is 46.1 Å². The normalized spacial score (nSPS) is 17.0. The predicted octanol–water partition coefficient (Wildman–Crippen LogP) is 5.29. The summed E-state index contributed by atoms with van der Waals surface area (Å²) in [6, 6.07) is 4.86. The lowest BCUT2D eigenvalue weighted by Gasteiger charge is -2.23. The molecular formula is C22H21ClF3NO5S. The Morgan fingerprint density at radius 3 is 2.33 bits per heavy atom. The van der Waals surface area contributed by atoms with Crippen molar-refractivity contribution in [3.63, 3.8) is 0 Å². The van der Waals surface area contributed by atoms with Crippen molar-refractivity contribution in [3.05, 3.63) is 63.7 Å². The Bertz CT molecular complexity index is 1180. The smallest absolute Gasteiger partial charge is 0.416 e. The van der Waals surface area contributed by atoms with Gasteiger partial charge in [-0.2, -0.15) is 13.2 Å². The van der Waals surface area contributed by atoms with E-state index in [2.05, 4.69) is 0 Å². The summed E-state index contributed by atoms with van der Waals surface area (Å²) in [5, 5.41) is 0.158. The van der Waals surface area contributed by atoms with Gasteiger partial charge < -0.3 is 4.74 Å². The SMILES string of the molecule is CCCCOC(=O)CC1c2ccc(Cl)c(C)c2S(=O)(=O)N1C(=O)c1ccc(C(F)(F)F)cc1. The molecule has 2 aromatic carbocycles. The lowest BCUT2D eigenvalue weighted by Crippen LogP contribution is -2.36.